The van der Waals surface area contributed by atoms with Crippen LogP contribution < -0.4 is 10.6 Å². The molecule has 0 aliphatic carbocycles. The maximum Gasteiger partial charge on any atom is 0.222 e. The molecule has 1 aliphatic heterocycles. The van der Waals surface area contributed by atoms with Crippen molar-refractivity contribution in [2.24, 2.45) is 0 Å². The Kier molecular flexibility index (Phi) is 3.23. The number of piperidine rings is 1. The molecule has 0 atom stereocenters. The predicted molar refractivity (Wildman–Crippen MR) is 71.3 cm³/mol. The van der Waals surface area contributed by atoms with Crippen LogP contribution >= 0.6 is 0 Å². The fraction of sp³-hybridized carbons (Fsp3) is 0.385. The lowest BCUT2D eigenvalue weighted by atomic mass is 10.1. The Labute approximate surface area is 106 Å². The van der Waals surface area contributed by atoms with E-state index in [0.717, 1.165) is 43.0 Å². The van der Waals surface area contributed by atoms with Gasteiger partial charge >= 0.3 is 0 Å². The number of hydrogen-bond donors (Lipinski definition) is 3. The van der Waals surface area contributed by atoms with E-state index in [1.807, 2.05) is 30.9 Å². The first kappa shape index (κ1) is 11.2. The normalized spacial score (nSPS) is 16.7. The van der Waals surface area contributed by atoms with Gasteiger partial charge in [-0.1, -0.05) is 0 Å². The maximum absolute atomic E-state index is 4.37. The second-order valence-electron chi connectivity index (χ2n) is 4.56. The molecule has 94 valence electrons. The summed E-state index contributed by atoms with van der Waals surface area (Å²) in [5, 5.41) is 6.73. The summed E-state index contributed by atoms with van der Waals surface area (Å²) in [6, 6.07) is 2.50. The number of aromatic nitrogens is 3. The van der Waals surface area contributed by atoms with Crippen molar-refractivity contribution >= 4 is 5.95 Å². The van der Waals surface area contributed by atoms with E-state index in [9.17, 15) is 0 Å². The van der Waals surface area contributed by atoms with Crippen molar-refractivity contribution in [3.05, 3.63) is 30.9 Å². The van der Waals surface area contributed by atoms with Crippen molar-refractivity contribution in [2.75, 3.05) is 18.4 Å². The fourth-order valence-electron chi connectivity index (χ4n) is 2.20. The quantitative estimate of drug-likeness (QED) is 0.766. The molecule has 0 spiro atoms. The number of H-pyrrole nitrogens is 1. The lowest BCUT2D eigenvalue weighted by Crippen LogP contribution is -2.35. The van der Waals surface area contributed by atoms with Crippen molar-refractivity contribution in [3.63, 3.8) is 0 Å². The number of anilines is 1. The molecule has 0 saturated carbocycles. The van der Waals surface area contributed by atoms with Crippen LogP contribution in [0.4, 0.5) is 5.95 Å². The lowest BCUT2D eigenvalue weighted by molar-refractivity contribution is 0.477. The van der Waals surface area contributed by atoms with Crippen LogP contribution in [0.3, 0.4) is 0 Å². The van der Waals surface area contributed by atoms with Crippen molar-refractivity contribution < 1.29 is 0 Å². The summed E-state index contributed by atoms with van der Waals surface area (Å²) in [5.41, 5.74) is 2.15. The summed E-state index contributed by atoms with van der Waals surface area (Å²) in [4.78, 5) is 11.8. The Morgan fingerprint density at radius 2 is 1.89 bits per heavy atom. The average Bonchev–Trinajstić information content (AvgIpc) is 2.95. The van der Waals surface area contributed by atoms with Gasteiger partial charge in [0.1, 0.15) is 0 Å². The summed E-state index contributed by atoms with van der Waals surface area (Å²) < 4.78 is 0. The Morgan fingerprint density at radius 3 is 2.56 bits per heavy atom. The molecule has 3 heterocycles. The van der Waals surface area contributed by atoms with Gasteiger partial charge in [-0.15, -0.1) is 0 Å². The standard InChI is InChI=1S/C13H17N5/c1-4-15-7-10(1)11-8-16-13(17-9-11)18-12-2-5-14-6-3-12/h1,4,7-9,12,14-15H,2-3,5-6H2,(H,16,17,18). The van der Waals surface area contributed by atoms with E-state index >= 15 is 0 Å². The smallest absolute Gasteiger partial charge is 0.222 e. The molecular weight excluding hydrogens is 226 g/mol. The second kappa shape index (κ2) is 5.18. The molecule has 0 unspecified atom stereocenters. The van der Waals surface area contributed by atoms with Crippen molar-refractivity contribution in [2.45, 2.75) is 18.9 Å². The highest BCUT2D eigenvalue weighted by Crippen LogP contribution is 2.17. The fourth-order valence-corrected chi connectivity index (χ4v) is 2.20. The minimum Gasteiger partial charge on any atom is -0.367 e. The molecular formula is C13H17N5. The van der Waals surface area contributed by atoms with Gasteiger partial charge < -0.3 is 15.6 Å². The summed E-state index contributed by atoms with van der Waals surface area (Å²) in [5.74, 6) is 0.723. The molecule has 0 bridgehead atoms. The van der Waals surface area contributed by atoms with Gasteiger partial charge in [0.15, 0.2) is 0 Å². The molecule has 1 saturated heterocycles. The van der Waals surface area contributed by atoms with Gasteiger partial charge in [-0.05, 0) is 32.0 Å². The van der Waals surface area contributed by atoms with Gasteiger partial charge in [0.05, 0.1) is 0 Å². The minimum atomic E-state index is 0.490. The predicted octanol–water partition coefficient (Wildman–Crippen LogP) is 1.64. The van der Waals surface area contributed by atoms with E-state index in [1.165, 1.54) is 0 Å². The number of rotatable bonds is 3. The van der Waals surface area contributed by atoms with E-state index in [-0.39, 0.29) is 0 Å². The molecule has 0 amide bonds. The highest BCUT2D eigenvalue weighted by atomic mass is 15.1. The zero-order chi connectivity index (χ0) is 12.2. The molecule has 0 aromatic carbocycles. The van der Waals surface area contributed by atoms with E-state index in [1.54, 1.807) is 0 Å². The Balaban J connectivity index is 1.67. The molecule has 1 aliphatic rings. The summed E-state index contributed by atoms with van der Waals surface area (Å²) >= 11 is 0. The van der Waals surface area contributed by atoms with E-state index in [0.29, 0.717) is 6.04 Å². The third-order valence-electron chi connectivity index (χ3n) is 3.26. The van der Waals surface area contributed by atoms with Crippen molar-refractivity contribution in [1.82, 2.24) is 20.3 Å². The van der Waals surface area contributed by atoms with Crippen LogP contribution in [0, 0.1) is 0 Å². The van der Waals surface area contributed by atoms with Crippen LogP contribution in [0.15, 0.2) is 30.9 Å². The molecule has 0 radical (unpaired) electrons. The molecule has 3 N–H and O–H groups in total. The molecule has 18 heavy (non-hydrogen) atoms. The van der Waals surface area contributed by atoms with Crippen LogP contribution in [-0.2, 0) is 0 Å². The van der Waals surface area contributed by atoms with Gasteiger partial charge in [-0.25, -0.2) is 9.97 Å². The summed E-state index contributed by atoms with van der Waals surface area (Å²) in [6.45, 7) is 2.14. The first-order valence-electron chi connectivity index (χ1n) is 6.34. The van der Waals surface area contributed by atoms with Crippen LogP contribution in [0.1, 0.15) is 12.8 Å². The zero-order valence-electron chi connectivity index (χ0n) is 10.2. The number of hydrogen-bond acceptors (Lipinski definition) is 4. The third-order valence-corrected chi connectivity index (χ3v) is 3.26. The van der Waals surface area contributed by atoms with Crippen LogP contribution in [-0.4, -0.2) is 34.1 Å². The topological polar surface area (TPSA) is 65.6 Å². The van der Waals surface area contributed by atoms with Crippen molar-refractivity contribution in [3.8, 4) is 11.1 Å². The number of aromatic amines is 1. The van der Waals surface area contributed by atoms with E-state index in [2.05, 4.69) is 25.6 Å². The van der Waals surface area contributed by atoms with Crippen LogP contribution in [0.5, 0.6) is 0 Å². The van der Waals surface area contributed by atoms with Crippen molar-refractivity contribution in [1.29, 1.82) is 0 Å². The van der Waals surface area contributed by atoms with Gasteiger partial charge in [0.2, 0.25) is 5.95 Å². The molecule has 2 aromatic heterocycles. The highest BCUT2D eigenvalue weighted by molar-refractivity contribution is 5.60. The first-order valence-corrected chi connectivity index (χ1v) is 6.34. The largest absolute Gasteiger partial charge is 0.367 e. The molecule has 2 aromatic rings. The van der Waals surface area contributed by atoms with Gasteiger partial charge in [0, 0.05) is 42.0 Å². The zero-order valence-corrected chi connectivity index (χ0v) is 10.2. The maximum atomic E-state index is 4.37. The molecule has 5 nitrogen and oxygen atoms in total. The summed E-state index contributed by atoms with van der Waals surface area (Å²) in [6.07, 6.45) is 9.82. The highest BCUT2D eigenvalue weighted by Gasteiger charge is 2.13. The molecule has 1 fully saturated rings. The van der Waals surface area contributed by atoms with E-state index < -0.39 is 0 Å². The van der Waals surface area contributed by atoms with Gasteiger partial charge in [-0.3, -0.25) is 0 Å². The third kappa shape index (κ3) is 2.51. The van der Waals surface area contributed by atoms with Gasteiger partial charge in [0.25, 0.3) is 0 Å². The Bertz CT molecular complexity index is 471. The number of nitrogens with zero attached hydrogens (tertiary/aromatic N) is 2. The van der Waals surface area contributed by atoms with Crippen LogP contribution in [0.25, 0.3) is 11.1 Å². The Morgan fingerprint density at radius 1 is 1.11 bits per heavy atom. The minimum absolute atomic E-state index is 0.490. The van der Waals surface area contributed by atoms with E-state index in [4.69, 9.17) is 0 Å². The van der Waals surface area contributed by atoms with Gasteiger partial charge in [-0.2, -0.15) is 0 Å². The SMILES string of the molecule is c1cc(-c2cnc(NC3CCNCC3)nc2)c[nH]1. The summed E-state index contributed by atoms with van der Waals surface area (Å²) in [7, 11) is 0. The molecule has 5 heteroatoms. The monoisotopic (exact) mass is 243 g/mol. The average molecular weight is 243 g/mol. The number of nitrogens with one attached hydrogen (secondary N) is 3. The Hall–Kier alpha value is -1.88. The second-order valence-corrected chi connectivity index (χ2v) is 4.56. The van der Waals surface area contributed by atoms with Crippen LogP contribution in [0.2, 0.25) is 0 Å². The lowest BCUT2D eigenvalue weighted by Gasteiger charge is -2.23. The first-order chi connectivity index (χ1) is 8.92. The molecule has 3 rings (SSSR count).